The summed E-state index contributed by atoms with van der Waals surface area (Å²) in [5.41, 5.74) is -5.57. The van der Waals surface area contributed by atoms with Crippen molar-refractivity contribution in [3.63, 3.8) is 0 Å². The molecule has 0 aromatic carbocycles. The van der Waals surface area contributed by atoms with Crippen LogP contribution in [0.1, 0.15) is 60.3 Å². The molecule has 0 amide bonds. The van der Waals surface area contributed by atoms with Gasteiger partial charge in [0.15, 0.2) is 23.1 Å². The number of fused-ring (bicyclic) bond motifs is 3. The summed E-state index contributed by atoms with van der Waals surface area (Å²) in [4.78, 5) is 49.2. The number of ketones is 1. The lowest BCUT2D eigenvalue weighted by Gasteiger charge is -2.40. The van der Waals surface area contributed by atoms with Crippen LogP contribution >= 0.6 is 0 Å². The molecule has 0 aromatic rings. The Bertz CT molecular complexity index is 841. The monoisotopic (exact) mass is 424 g/mol. The van der Waals surface area contributed by atoms with Crippen LogP contribution in [0.2, 0.25) is 0 Å². The van der Waals surface area contributed by atoms with E-state index < -0.39 is 52.8 Å². The number of Topliss-reactive ketones (excluding diaryl/α,β-unsaturated/α-hetero) is 1. The van der Waals surface area contributed by atoms with Gasteiger partial charge in [0.05, 0.1) is 0 Å². The number of hydrogen-bond acceptors (Lipinski definition) is 9. The number of esters is 3. The van der Waals surface area contributed by atoms with Gasteiger partial charge in [-0.3, -0.25) is 14.4 Å². The Morgan fingerprint density at radius 3 is 2.43 bits per heavy atom. The highest BCUT2D eigenvalue weighted by molar-refractivity contribution is 6.00. The Hall–Kier alpha value is -2.26. The van der Waals surface area contributed by atoms with Gasteiger partial charge in [0.25, 0.3) is 0 Å². The maximum absolute atomic E-state index is 12.5. The number of ether oxygens (including phenoxy) is 3. The lowest BCUT2D eigenvalue weighted by molar-refractivity contribution is -0.210. The zero-order valence-electron chi connectivity index (χ0n) is 17.8. The Morgan fingerprint density at radius 1 is 1.23 bits per heavy atom. The van der Waals surface area contributed by atoms with Crippen molar-refractivity contribution in [3.05, 3.63) is 11.1 Å². The molecule has 3 aliphatic rings. The van der Waals surface area contributed by atoms with E-state index in [9.17, 15) is 29.4 Å². The molecule has 30 heavy (non-hydrogen) atoms. The fraction of sp³-hybridized carbons (Fsp3) is 0.714. The Labute approximate surface area is 174 Å². The fourth-order valence-electron chi connectivity index (χ4n) is 4.97. The second-order valence-corrected chi connectivity index (χ2v) is 8.78. The standard InChI is InChI=1S/C21H28O9/c1-6-7-15(24)28-14-9-19(4,30-11(3)22)12-8-13(23)10(2)16(12)17-21(14,27)20(5,26)18(25)29-17/h12,14,17,26-27H,6-9H2,1-5H3/t12-,14+,17+,19+,20-,21-/m1/s1. The molecule has 9 nitrogen and oxygen atoms in total. The lowest BCUT2D eigenvalue weighted by atomic mass is 9.75. The zero-order chi connectivity index (χ0) is 22.6. The van der Waals surface area contributed by atoms with E-state index in [2.05, 4.69) is 0 Å². The topological polar surface area (TPSA) is 136 Å². The predicted octanol–water partition coefficient (Wildman–Crippen LogP) is 0.737. The molecule has 0 bridgehead atoms. The minimum absolute atomic E-state index is 0.0210. The van der Waals surface area contributed by atoms with Gasteiger partial charge in [-0.2, -0.15) is 0 Å². The molecule has 6 atom stereocenters. The molecule has 0 unspecified atom stereocenters. The van der Waals surface area contributed by atoms with Crippen LogP contribution in [0.5, 0.6) is 0 Å². The second-order valence-electron chi connectivity index (χ2n) is 8.78. The summed E-state index contributed by atoms with van der Waals surface area (Å²) in [6.45, 7) is 7.21. The molecule has 2 N–H and O–H groups in total. The molecule has 166 valence electrons. The summed E-state index contributed by atoms with van der Waals surface area (Å²) in [6, 6.07) is 0. The number of allylic oxidation sites excluding steroid dienone is 1. The summed E-state index contributed by atoms with van der Waals surface area (Å²) in [7, 11) is 0. The third kappa shape index (κ3) is 3.06. The predicted molar refractivity (Wildman–Crippen MR) is 101 cm³/mol. The largest absolute Gasteiger partial charge is 0.459 e. The molecule has 3 rings (SSSR count). The minimum atomic E-state index is -2.42. The molecular weight excluding hydrogens is 396 g/mol. The van der Waals surface area contributed by atoms with Gasteiger partial charge in [-0.1, -0.05) is 6.92 Å². The van der Waals surface area contributed by atoms with E-state index in [1.165, 1.54) is 13.8 Å². The van der Waals surface area contributed by atoms with E-state index in [1.54, 1.807) is 13.8 Å². The van der Waals surface area contributed by atoms with Crippen LogP contribution < -0.4 is 0 Å². The molecule has 9 heteroatoms. The molecule has 0 spiro atoms. The Balaban J connectivity index is 2.23. The van der Waals surface area contributed by atoms with Gasteiger partial charge in [0, 0.05) is 32.1 Å². The second kappa shape index (κ2) is 7.16. The number of hydrogen-bond donors (Lipinski definition) is 2. The molecule has 0 radical (unpaired) electrons. The van der Waals surface area contributed by atoms with Crippen LogP contribution in [-0.2, 0) is 33.4 Å². The highest BCUT2D eigenvalue weighted by atomic mass is 16.6. The maximum Gasteiger partial charge on any atom is 0.341 e. The summed E-state index contributed by atoms with van der Waals surface area (Å²) in [6.07, 6.45) is -2.55. The average molecular weight is 424 g/mol. The smallest absolute Gasteiger partial charge is 0.341 e. The van der Waals surface area contributed by atoms with Crippen molar-refractivity contribution in [2.75, 3.05) is 0 Å². The summed E-state index contributed by atoms with van der Waals surface area (Å²) < 4.78 is 16.5. The number of aliphatic hydroxyl groups is 2. The van der Waals surface area contributed by atoms with Gasteiger partial charge < -0.3 is 24.4 Å². The summed E-state index contributed by atoms with van der Waals surface area (Å²) >= 11 is 0. The van der Waals surface area contributed by atoms with E-state index in [0.29, 0.717) is 6.42 Å². The van der Waals surface area contributed by atoms with Crippen molar-refractivity contribution in [1.29, 1.82) is 0 Å². The molecule has 1 saturated carbocycles. The highest BCUT2D eigenvalue weighted by Gasteiger charge is 2.74. The molecule has 2 aliphatic carbocycles. The van der Waals surface area contributed by atoms with E-state index in [-0.39, 0.29) is 36.2 Å². The van der Waals surface area contributed by atoms with Gasteiger partial charge in [0.2, 0.25) is 0 Å². The molecule has 0 aromatic heterocycles. The van der Waals surface area contributed by atoms with Crippen molar-refractivity contribution >= 4 is 23.7 Å². The first-order valence-electron chi connectivity index (χ1n) is 10.1. The molecule has 1 aliphatic heterocycles. The van der Waals surface area contributed by atoms with Crippen molar-refractivity contribution in [3.8, 4) is 0 Å². The van der Waals surface area contributed by atoms with Crippen molar-refractivity contribution in [2.45, 2.75) is 89.3 Å². The quantitative estimate of drug-likeness (QED) is 0.494. The van der Waals surface area contributed by atoms with E-state index >= 15 is 0 Å². The minimum Gasteiger partial charge on any atom is -0.459 e. The first-order valence-corrected chi connectivity index (χ1v) is 10.1. The normalized spacial score (nSPS) is 40.4. The maximum atomic E-state index is 12.5. The van der Waals surface area contributed by atoms with Crippen LogP contribution in [0.4, 0.5) is 0 Å². The zero-order valence-corrected chi connectivity index (χ0v) is 17.8. The molecule has 1 heterocycles. The van der Waals surface area contributed by atoms with Crippen molar-refractivity contribution in [2.24, 2.45) is 5.92 Å². The van der Waals surface area contributed by atoms with Crippen LogP contribution in [-0.4, -0.2) is 62.9 Å². The van der Waals surface area contributed by atoms with Gasteiger partial charge in [-0.05, 0) is 38.3 Å². The van der Waals surface area contributed by atoms with E-state index in [0.717, 1.165) is 6.92 Å². The highest BCUT2D eigenvalue weighted by Crippen LogP contribution is 2.55. The van der Waals surface area contributed by atoms with Crippen molar-refractivity contribution < 1.29 is 43.6 Å². The van der Waals surface area contributed by atoms with Crippen LogP contribution in [0.15, 0.2) is 11.1 Å². The third-order valence-electron chi connectivity index (χ3n) is 6.62. The van der Waals surface area contributed by atoms with Crippen molar-refractivity contribution in [1.82, 2.24) is 0 Å². The Morgan fingerprint density at radius 2 is 1.87 bits per heavy atom. The van der Waals surface area contributed by atoms with E-state index in [1.807, 2.05) is 0 Å². The molecule has 1 saturated heterocycles. The van der Waals surface area contributed by atoms with Crippen LogP contribution in [0.3, 0.4) is 0 Å². The molecule has 2 fully saturated rings. The van der Waals surface area contributed by atoms with Gasteiger partial charge in [-0.25, -0.2) is 4.79 Å². The number of rotatable bonds is 4. The van der Waals surface area contributed by atoms with Gasteiger partial charge in [-0.15, -0.1) is 0 Å². The lowest BCUT2D eigenvalue weighted by Crippen LogP contribution is -2.64. The average Bonchev–Trinajstić information content (AvgIpc) is 2.98. The van der Waals surface area contributed by atoms with Crippen LogP contribution in [0.25, 0.3) is 0 Å². The van der Waals surface area contributed by atoms with Gasteiger partial charge in [0.1, 0.15) is 11.7 Å². The third-order valence-corrected chi connectivity index (χ3v) is 6.62. The van der Waals surface area contributed by atoms with E-state index in [4.69, 9.17) is 14.2 Å². The Kier molecular flexibility index (Phi) is 5.35. The first kappa shape index (κ1) is 22.4. The number of carbonyl (C=O) groups excluding carboxylic acids is 4. The summed E-state index contributed by atoms with van der Waals surface area (Å²) in [5, 5.41) is 22.7. The first-order chi connectivity index (χ1) is 13.8. The number of carbonyl (C=O) groups is 4. The van der Waals surface area contributed by atoms with Gasteiger partial charge >= 0.3 is 17.9 Å². The fourth-order valence-corrected chi connectivity index (χ4v) is 4.97. The molecular formula is C21H28O9. The SMILES string of the molecule is CCCC(=O)O[C@H]1C[C@](C)(OC(C)=O)[C@@H]2CC(=O)C(C)=C2[C@@H]2OC(=O)[C@@](C)(O)[C@@]12O. The summed E-state index contributed by atoms with van der Waals surface area (Å²) in [5.74, 6) is -3.28. The van der Waals surface area contributed by atoms with Crippen LogP contribution in [0, 0.1) is 5.92 Å².